The number of urea groups is 1. The van der Waals surface area contributed by atoms with Crippen LogP contribution < -0.4 is 10.6 Å². The molecule has 0 bridgehead atoms. The van der Waals surface area contributed by atoms with Gasteiger partial charge in [-0.2, -0.15) is 13.2 Å². The first-order valence-electron chi connectivity index (χ1n) is 7.11. The Hall–Kier alpha value is -2.06. The van der Waals surface area contributed by atoms with E-state index in [2.05, 4.69) is 10.6 Å². The van der Waals surface area contributed by atoms with Crippen LogP contribution in [0.2, 0.25) is 0 Å². The highest BCUT2D eigenvalue weighted by Gasteiger charge is 2.30. The van der Waals surface area contributed by atoms with Gasteiger partial charge in [0.2, 0.25) is 0 Å². The number of ether oxygens (including phenoxy) is 1. The lowest BCUT2D eigenvalue weighted by molar-refractivity contribution is -0.137. The van der Waals surface area contributed by atoms with Crippen LogP contribution in [-0.2, 0) is 10.9 Å². The number of amides is 2. The van der Waals surface area contributed by atoms with Gasteiger partial charge in [0.15, 0.2) is 0 Å². The highest BCUT2D eigenvalue weighted by atomic mass is 32.1. The molecule has 0 fully saturated rings. The molecule has 0 saturated heterocycles. The van der Waals surface area contributed by atoms with Crippen LogP contribution in [0.3, 0.4) is 0 Å². The summed E-state index contributed by atoms with van der Waals surface area (Å²) >= 11 is 1.56. The number of benzene rings is 1. The van der Waals surface area contributed by atoms with Gasteiger partial charge >= 0.3 is 12.2 Å². The third-order valence-corrected chi connectivity index (χ3v) is 4.35. The van der Waals surface area contributed by atoms with Crippen molar-refractivity contribution in [1.29, 1.82) is 0 Å². The van der Waals surface area contributed by atoms with Gasteiger partial charge in [0.05, 0.1) is 12.1 Å². The Kier molecular flexibility index (Phi) is 5.84. The second-order valence-electron chi connectivity index (χ2n) is 5.09. The zero-order valence-corrected chi connectivity index (χ0v) is 13.9. The Morgan fingerprint density at radius 2 is 2.04 bits per heavy atom. The van der Waals surface area contributed by atoms with Crippen molar-refractivity contribution < 1.29 is 22.7 Å². The number of carbonyl (C=O) groups excluding carboxylic acids is 1. The van der Waals surface area contributed by atoms with E-state index in [1.807, 2.05) is 19.1 Å². The van der Waals surface area contributed by atoms with Crippen LogP contribution in [-0.4, -0.2) is 19.7 Å². The van der Waals surface area contributed by atoms with Crippen molar-refractivity contribution in [3.63, 3.8) is 0 Å². The molecule has 1 aromatic carbocycles. The molecule has 0 saturated carbocycles. The van der Waals surface area contributed by atoms with Crippen LogP contribution in [0.1, 0.15) is 21.4 Å². The monoisotopic (exact) mass is 358 g/mol. The minimum atomic E-state index is -4.45. The van der Waals surface area contributed by atoms with Crippen molar-refractivity contribution in [3.05, 3.63) is 51.7 Å². The fraction of sp³-hybridized carbons (Fsp3) is 0.312. The van der Waals surface area contributed by atoms with Gasteiger partial charge in [0, 0.05) is 22.6 Å². The molecule has 1 aromatic heterocycles. The zero-order chi connectivity index (χ0) is 17.7. The fourth-order valence-electron chi connectivity index (χ4n) is 2.06. The van der Waals surface area contributed by atoms with Crippen LogP contribution in [0.25, 0.3) is 0 Å². The molecule has 1 heterocycles. The first-order chi connectivity index (χ1) is 11.3. The molecule has 0 aliphatic heterocycles. The third kappa shape index (κ3) is 4.97. The molecule has 0 spiro atoms. The molecule has 1 atom stereocenters. The molecule has 2 aromatic rings. The van der Waals surface area contributed by atoms with Gasteiger partial charge in [-0.1, -0.05) is 6.07 Å². The van der Waals surface area contributed by atoms with Crippen molar-refractivity contribution in [1.82, 2.24) is 5.32 Å². The predicted octanol–water partition coefficient (Wildman–Crippen LogP) is 4.58. The molecule has 0 aliphatic rings. The third-order valence-electron chi connectivity index (χ3n) is 3.26. The Morgan fingerprint density at radius 3 is 2.62 bits per heavy atom. The maximum absolute atomic E-state index is 12.7. The highest BCUT2D eigenvalue weighted by molar-refractivity contribution is 7.12. The molecule has 0 radical (unpaired) electrons. The van der Waals surface area contributed by atoms with Crippen LogP contribution in [0, 0.1) is 6.92 Å². The zero-order valence-electron chi connectivity index (χ0n) is 13.1. The van der Waals surface area contributed by atoms with E-state index in [1.165, 1.54) is 19.2 Å². The number of hydrogen-bond donors (Lipinski definition) is 2. The lowest BCUT2D eigenvalue weighted by Gasteiger charge is -2.15. The smallest absolute Gasteiger partial charge is 0.374 e. The average Bonchev–Trinajstić information content (AvgIpc) is 2.94. The number of halogens is 3. The second kappa shape index (κ2) is 7.67. The number of nitrogens with one attached hydrogen (secondary N) is 2. The summed E-state index contributed by atoms with van der Waals surface area (Å²) in [5.74, 6) is 0. The highest BCUT2D eigenvalue weighted by Crippen LogP contribution is 2.30. The Bertz CT molecular complexity index is 701. The van der Waals surface area contributed by atoms with Gasteiger partial charge in [-0.25, -0.2) is 4.79 Å². The molecule has 0 aliphatic carbocycles. The van der Waals surface area contributed by atoms with E-state index in [-0.39, 0.29) is 18.3 Å². The molecule has 130 valence electrons. The quantitative estimate of drug-likeness (QED) is 0.822. The number of anilines is 1. The second-order valence-corrected chi connectivity index (χ2v) is 6.41. The summed E-state index contributed by atoms with van der Waals surface area (Å²) in [7, 11) is 1.53. The summed E-state index contributed by atoms with van der Waals surface area (Å²) in [6.07, 6.45) is -4.76. The summed E-state index contributed by atoms with van der Waals surface area (Å²) in [6.45, 7) is 2.18. The molecule has 2 amide bonds. The summed E-state index contributed by atoms with van der Waals surface area (Å²) in [5.41, 5.74) is -0.743. The minimum absolute atomic E-state index is 0.0725. The van der Waals surface area contributed by atoms with E-state index in [4.69, 9.17) is 4.74 Å². The maximum atomic E-state index is 12.7. The van der Waals surface area contributed by atoms with E-state index in [0.29, 0.717) is 0 Å². The fourth-order valence-corrected chi connectivity index (χ4v) is 3.02. The molecule has 2 N–H and O–H groups in total. The van der Waals surface area contributed by atoms with Gasteiger partial charge in [-0.3, -0.25) is 0 Å². The van der Waals surface area contributed by atoms with Crippen LogP contribution in [0.15, 0.2) is 36.4 Å². The Morgan fingerprint density at radius 1 is 1.29 bits per heavy atom. The van der Waals surface area contributed by atoms with Crippen molar-refractivity contribution in [2.75, 3.05) is 19.0 Å². The van der Waals surface area contributed by atoms with E-state index < -0.39 is 17.8 Å². The number of alkyl halides is 3. The average molecular weight is 358 g/mol. The topological polar surface area (TPSA) is 50.4 Å². The largest absolute Gasteiger partial charge is 0.416 e. The van der Waals surface area contributed by atoms with Gasteiger partial charge < -0.3 is 15.4 Å². The first-order valence-corrected chi connectivity index (χ1v) is 7.92. The number of methoxy groups -OCH3 is 1. The standard InChI is InChI=1S/C16H17F3N2O2S/c1-10-6-7-14(24-10)13(23-2)9-20-15(22)21-12-5-3-4-11(8-12)16(17,18)19/h3-8,13H,9H2,1-2H3,(H2,20,21,22). The van der Waals surface area contributed by atoms with Crippen LogP contribution in [0.5, 0.6) is 0 Å². The normalized spacial score (nSPS) is 12.7. The van der Waals surface area contributed by atoms with Crippen molar-refractivity contribution in [2.24, 2.45) is 0 Å². The first kappa shape index (κ1) is 18.3. The Balaban J connectivity index is 1.93. The molecule has 2 rings (SSSR count). The van der Waals surface area contributed by atoms with E-state index in [1.54, 1.807) is 11.3 Å². The number of thiophene rings is 1. The van der Waals surface area contributed by atoms with Gasteiger partial charge in [-0.15, -0.1) is 11.3 Å². The van der Waals surface area contributed by atoms with E-state index >= 15 is 0 Å². The summed E-state index contributed by atoms with van der Waals surface area (Å²) in [5, 5.41) is 4.99. The van der Waals surface area contributed by atoms with Crippen molar-refractivity contribution in [2.45, 2.75) is 19.2 Å². The van der Waals surface area contributed by atoms with E-state index in [9.17, 15) is 18.0 Å². The Labute approximate surface area is 141 Å². The SMILES string of the molecule is COC(CNC(=O)Nc1cccc(C(F)(F)F)c1)c1ccc(C)s1. The van der Waals surface area contributed by atoms with Gasteiger partial charge in [0.1, 0.15) is 6.10 Å². The number of hydrogen-bond acceptors (Lipinski definition) is 3. The van der Waals surface area contributed by atoms with Crippen LogP contribution >= 0.6 is 11.3 Å². The minimum Gasteiger partial charge on any atom is -0.374 e. The molecular formula is C16H17F3N2O2S. The molecule has 4 nitrogen and oxygen atoms in total. The van der Waals surface area contributed by atoms with Crippen molar-refractivity contribution >= 4 is 23.1 Å². The van der Waals surface area contributed by atoms with Crippen molar-refractivity contribution in [3.8, 4) is 0 Å². The summed E-state index contributed by atoms with van der Waals surface area (Å²) in [4.78, 5) is 14.0. The van der Waals surface area contributed by atoms with E-state index in [0.717, 1.165) is 21.9 Å². The van der Waals surface area contributed by atoms with Gasteiger partial charge in [-0.05, 0) is 37.3 Å². The summed E-state index contributed by atoms with van der Waals surface area (Å²) in [6, 6.07) is 7.74. The molecule has 8 heteroatoms. The number of rotatable bonds is 5. The molecular weight excluding hydrogens is 341 g/mol. The lowest BCUT2D eigenvalue weighted by Crippen LogP contribution is -2.32. The van der Waals surface area contributed by atoms with Gasteiger partial charge in [0.25, 0.3) is 0 Å². The predicted molar refractivity (Wildman–Crippen MR) is 87.3 cm³/mol. The number of carbonyl (C=O) groups is 1. The van der Waals surface area contributed by atoms with Crippen LogP contribution in [0.4, 0.5) is 23.7 Å². The number of aryl methyl sites for hydroxylation is 1. The maximum Gasteiger partial charge on any atom is 0.416 e. The molecule has 24 heavy (non-hydrogen) atoms. The lowest BCUT2D eigenvalue weighted by atomic mass is 10.2. The molecule has 1 unspecified atom stereocenters. The summed E-state index contributed by atoms with van der Waals surface area (Å²) < 4.78 is 43.3.